The van der Waals surface area contributed by atoms with E-state index in [2.05, 4.69) is 34.3 Å². The summed E-state index contributed by atoms with van der Waals surface area (Å²) in [5, 5.41) is 11.8. The van der Waals surface area contributed by atoms with Crippen LogP contribution >= 0.6 is 0 Å². The monoisotopic (exact) mass is 238 g/mol. The Hall–Kier alpha value is -2.41. The predicted molar refractivity (Wildman–Crippen MR) is 70.5 cm³/mol. The molecular weight excluding hydrogens is 224 g/mol. The van der Waals surface area contributed by atoms with Gasteiger partial charge in [0.2, 0.25) is 0 Å². The van der Waals surface area contributed by atoms with E-state index in [4.69, 9.17) is 5.26 Å². The summed E-state index contributed by atoms with van der Waals surface area (Å²) < 4.78 is 0. The molecule has 0 aliphatic carbocycles. The van der Waals surface area contributed by atoms with Gasteiger partial charge in [0.15, 0.2) is 5.69 Å². The lowest BCUT2D eigenvalue weighted by molar-refractivity contribution is 0.922. The number of rotatable bonds is 4. The van der Waals surface area contributed by atoms with Crippen molar-refractivity contribution in [2.45, 2.75) is 19.8 Å². The SMILES string of the molecule is CCCc1ccc(Nc2cnc(C#N)cn2)cc1. The largest absolute Gasteiger partial charge is 0.339 e. The van der Waals surface area contributed by atoms with Crippen LogP contribution < -0.4 is 5.32 Å². The van der Waals surface area contributed by atoms with Crippen LogP contribution in [0.4, 0.5) is 11.5 Å². The van der Waals surface area contributed by atoms with Crippen LogP contribution in [0.2, 0.25) is 0 Å². The summed E-state index contributed by atoms with van der Waals surface area (Å²) in [6, 6.07) is 10.2. The van der Waals surface area contributed by atoms with Crippen LogP contribution in [-0.2, 0) is 6.42 Å². The van der Waals surface area contributed by atoms with Crippen molar-refractivity contribution in [3.8, 4) is 6.07 Å². The van der Waals surface area contributed by atoms with Crippen molar-refractivity contribution in [3.63, 3.8) is 0 Å². The van der Waals surface area contributed by atoms with E-state index in [1.807, 2.05) is 18.2 Å². The van der Waals surface area contributed by atoms with Crippen LogP contribution in [0.5, 0.6) is 0 Å². The molecule has 0 radical (unpaired) electrons. The molecule has 0 aliphatic heterocycles. The van der Waals surface area contributed by atoms with Gasteiger partial charge in [-0.05, 0) is 24.1 Å². The maximum Gasteiger partial charge on any atom is 0.158 e. The van der Waals surface area contributed by atoms with Crippen molar-refractivity contribution in [2.24, 2.45) is 0 Å². The molecule has 90 valence electrons. The number of nitrogens with zero attached hydrogens (tertiary/aromatic N) is 3. The third-order valence-electron chi connectivity index (χ3n) is 2.53. The highest BCUT2D eigenvalue weighted by Gasteiger charge is 1.98. The lowest BCUT2D eigenvalue weighted by Crippen LogP contribution is -1.95. The molecule has 0 aliphatic rings. The summed E-state index contributed by atoms with van der Waals surface area (Å²) in [6.45, 7) is 2.17. The molecule has 0 bridgehead atoms. The van der Waals surface area contributed by atoms with E-state index in [1.165, 1.54) is 11.8 Å². The average Bonchev–Trinajstić information content (AvgIpc) is 2.42. The molecule has 1 aromatic heterocycles. The van der Waals surface area contributed by atoms with Gasteiger partial charge in [-0.1, -0.05) is 25.5 Å². The van der Waals surface area contributed by atoms with E-state index in [0.717, 1.165) is 18.5 Å². The summed E-state index contributed by atoms with van der Waals surface area (Å²) in [4.78, 5) is 8.06. The molecule has 0 atom stereocenters. The normalized spacial score (nSPS) is 9.78. The highest BCUT2D eigenvalue weighted by atomic mass is 15.0. The molecule has 0 saturated carbocycles. The maximum atomic E-state index is 8.63. The van der Waals surface area contributed by atoms with Gasteiger partial charge in [-0.3, -0.25) is 0 Å². The summed E-state index contributed by atoms with van der Waals surface area (Å²) in [5.74, 6) is 0.636. The molecular formula is C14H14N4. The molecule has 1 aromatic carbocycles. The van der Waals surface area contributed by atoms with Gasteiger partial charge in [-0.15, -0.1) is 0 Å². The van der Waals surface area contributed by atoms with E-state index in [0.29, 0.717) is 11.5 Å². The number of hydrogen-bond donors (Lipinski definition) is 1. The molecule has 4 heteroatoms. The molecule has 2 aromatic rings. The van der Waals surface area contributed by atoms with Crippen molar-refractivity contribution in [1.82, 2.24) is 9.97 Å². The van der Waals surface area contributed by atoms with Gasteiger partial charge in [0, 0.05) is 5.69 Å². The Morgan fingerprint density at radius 2 is 1.94 bits per heavy atom. The Balaban J connectivity index is 2.06. The van der Waals surface area contributed by atoms with Crippen molar-refractivity contribution in [1.29, 1.82) is 5.26 Å². The average molecular weight is 238 g/mol. The molecule has 18 heavy (non-hydrogen) atoms. The third kappa shape index (κ3) is 3.05. The highest BCUT2D eigenvalue weighted by molar-refractivity contribution is 5.55. The molecule has 0 unspecified atom stereocenters. The van der Waals surface area contributed by atoms with E-state index < -0.39 is 0 Å². The van der Waals surface area contributed by atoms with E-state index in [-0.39, 0.29) is 0 Å². The minimum Gasteiger partial charge on any atom is -0.339 e. The van der Waals surface area contributed by atoms with Crippen molar-refractivity contribution < 1.29 is 0 Å². The summed E-state index contributed by atoms with van der Waals surface area (Å²) in [7, 11) is 0. The lowest BCUT2D eigenvalue weighted by atomic mass is 10.1. The second kappa shape index (κ2) is 5.78. The zero-order valence-corrected chi connectivity index (χ0v) is 10.2. The number of aryl methyl sites for hydroxylation is 1. The standard InChI is InChI=1S/C14H14N4/c1-2-3-11-4-6-12(7-5-11)18-14-10-16-13(8-15)9-17-14/h4-7,9-10H,2-3H2,1H3,(H,17,18). The number of nitrogens with one attached hydrogen (secondary N) is 1. The molecule has 0 spiro atoms. The minimum atomic E-state index is 0.318. The molecule has 2 rings (SSSR count). The zero-order valence-electron chi connectivity index (χ0n) is 10.2. The summed E-state index contributed by atoms with van der Waals surface area (Å²) in [6.07, 6.45) is 5.25. The smallest absolute Gasteiger partial charge is 0.158 e. The first-order valence-corrected chi connectivity index (χ1v) is 5.90. The van der Waals surface area contributed by atoms with Crippen molar-refractivity contribution in [3.05, 3.63) is 47.9 Å². The number of benzene rings is 1. The predicted octanol–water partition coefficient (Wildman–Crippen LogP) is 3.04. The Labute approximate surface area is 106 Å². The number of hydrogen-bond acceptors (Lipinski definition) is 4. The number of anilines is 2. The second-order valence-electron chi connectivity index (χ2n) is 3.97. The fourth-order valence-electron chi connectivity index (χ4n) is 1.64. The zero-order chi connectivity index (χ0) is 12.8. The molecule has 1 N–H and O–H groups in total. The van der Waals surface area contributed by atoms with Gasteiger partial charge >= 0.3 is 0 Å². The van der Waals surface area contributed by atoms with Crippen LogP contribution in [0.25, 0.3) is 0 Å². The van der Waals surface area contributed by atoms with Gasteiger partial charge in [0.05, 0.1) is 12.4 Å². The Kier molecular flexibility index (Phi) is 3.87. The van der Waals surface area contributed by atoms with Gasteiger partial charge in [0.25, 0.3) is 0 Å². The maximum absolute atomic E-state index is 8.63. The molecule has 0 saturated heterocycles. The fraction of sp³-hybridized carbons (Fsp3) is 0.214. The quantitative estimate of drug-likeness (QED) is 0.889. The first-order valence-electron chi connectivity index (χ1n) is 5.90. The van der Waals surface area contributed by atoms with Crippen LogP contribution in [0.1, 0.15) is 24.6 Å². The van der Waals surface area contributed by atoms with Gasteiger partial charge in [-0.25, -0.2) is 9.97 Å². The van der Waals surface area contributed by atoms with Crippen LogP contribution in [0.3, 0.4) is 0 Å². The fourth-order valence-corrected chi connectivity index (χ4v) is 1.64. The van der Waals surface area contributed by atoms with Crippen molar-refractivity contribution >= 4 is 11.5 Å². The summed E-state index contributed by atoms with van der Waals surface area (Å²) in [5.41, 5.74) is 2.61. The van der Waals surface area contributed by atoms with E-state index in [1.54, 1.807) is 6.20 Å². The number of aromatic nitrogens is 2. The van der Waals surface area contributed by atoms with Crippen LogP contribution in [0.15, 0.2) is 36.7 Å². The second-order valence-corrected chi connectivity index (χ2v) is 3.97. The van der Waals surface area contributed by atoms with E-state index >= 15 is 0 Å². The Bertz CT molecular complexity index is 538. The van der Waals surface area contributed by atoms with Gasteiger partial charge in [-0.2, -0.15) is 5.26 Å². The van der Waals surface area contributed by atoms with Crippen molar-refractivity contribution in [2.75, 3.05) is 5.32 Å². The van der Waals surface area contributed by atoms with Crippen LogP contribution in [-0.4, -0.2) is 9.97 Å². The van der Waals surface area contributed by atoms with Gasteiger partial charge in [0.1, 0.15) is 11.9 Å². The molecule has 4 nitrogen and oxygen atoms in total. The molecule has 0 amide bonds. The minimum absolute atomic E-state index is 0.318. The Morgan fingerprint density at radius 1 is 1.17 bits per heavy atom. The van der Waals surface area contributed by atoms with E-state index in [9.17, 15) is 0 Å². The molecule has 0 fully saturated rings. The number of nitriles is 1. The van der Waals surface area contributed by atoms with Gasteiger partial charge < -0.3 is 5.32 Å². The summed E-state index contributed by atoms with van der Waals surface area (Å²) >= 11 is 0. The topological polar surface area (TPSA) is 61.6 Å². The third-order valence-corrected chi connectivity index (χ3v) is 2.53. The van der Waals surface area contributed by atoms with Crippen LogP contribution in [0, 0.1) is 11.3 Å². The first-order chi connectivity index (χ1) is 8.81. The molecule has 1 heterocycles. The Morgan fingerprint density at radius 3 is 2.50 bits per heavy atom. The first kappa shape index (κ1) is 12.1. The highest BCUT2D eigenvalue weighted by Crippen LogP contribution is 2.15. The lowest BCUT2D eigenvalue weighted by Gasteiger charge is -2.06.